The van der Waals surface area contributed by atoms with Crippen LogP contribution in [-0.2, 0) is 13.1 Å². The predicted molar refractivity (Wildman–Crippen MR) is 60.6 cm³/mol. The molecule has 2 aromatic heterocycles. The van der Waals surface area contributed by atoms with Crippen LogP contribution in [0.25, 0.3) is 0 Å². The Morgan fingerprint density at radius 3 is 3.00 bits per heavy atom. The molecule has 2 rings (SSSR count). The van der Waals surface area contributed by atoms with Crippen LogP contribution < -0.4 is 5.32 Å². The molecule has 0 amide bonds. The van der Waals surface area contributed by atoms with Crippen molar-refractivity contribution in [1.29, 1.82) is 0 Å². The lowest BCUT2D eigenvalue weighted by molar-refractivity contribution is 0.448. The molecule has 0 aliphatic rings. The van der Waals surface area contributed by atoms with Crippen molar-refractivity contribution >= 4 is 0 Å². The van der Waals surface area contributed by atoms with Gasteiger partial charge in [0.1, 0.15) is 0 Å². The fourth-order valence-corrected chi connectivity index (χ4v) is 1.45. The largest absolute Gasteiger partial charge is 0.307 e. The summed E-state index contributed by atoms with van der Waals surface area (Å²) in [5.74, 6) is 0. The predicted octanol–water partition coefficient (Wildman–Crippen LogP) is 0.851. The highest BCUT2D eigenvalue weighted by Gasteiger charge is 2.02. The molecule has 0 bridgehead atoms. The van der Waals surface area contributed by atoms with Crippen molar-refractivity contribution in [3.05, 3.63) is 42.7 Å². The molecular formula is C11H15N5. The smallest absolute Gasteiger partial charge is 0.0724 e. The fourth-order valence-electron chi connectivity index (χ4n) is 1.45. The lowest BCUT2D eigenvalue weighted by atomic mass is 10.3. The van der Waals surface area contributed by atoms with Gasteiger partial charge in [-0.3, -0.25) is 14.6 Å². The van der Waals surface area contributed by atoms with E-state index in [-0.39, 0.29) is 0 Å². The van der Waals surface area contributed by atoms with E-state index in [4.69, 9.17) is 0 Å². The lowest BCUT2D eigenvalue weighted by Gasteiger charge is -2.13. The summed E-state index contributed by atoms with van der Waals surface area (Å²) in [6.45, 7) is 3.71. The summed E-state index contributed by atoms with van der Waals surface area (Å²) in [4.78, 5) is 8.22. The average molecular weight is 217 g/mol. The minimum atomic E-state index is 0.349. The molecule has 0 aliphatic heterocycles. The molecule has 1 N–H and O–H groups in total. The average Bonchev–Trinajstić information content (AvgIpc) is 2.81. The fraction of sp³-hybridized carbons (Fsp3) is 0.364. The van der Waals surface area contributed by atoms with Crippen LogP contribution in [0.4, 0.5) is 0 Å². The van der Waals surface area contributed by atoms with Crippen molar-refractivity contribution in [2.45, 2.75) is 26.1 Å². The van der Waals surface area contributed by atoms with Crippen LogP contribution in [0, 0.1) is 0 Å². The van der Waals surface area contributed by atoms with E-state index in [0.717, 1.165) is 18.8 Å². The molecule has 0 aliphatic carbocycles. The minimum absolute atomic E-state index is 0.349. The Kier molecular flexibility index (Phi) is 3.61. The number of rotatable bonds is 5. The first kappa shape index (κ1) is 10.8. The normalized spacial score (nSPS) is 12.6. The second-order valence-corrected chi connectivity index (χ2v) is 3.71. The van der Waals surface area contributed by atoms with Crippen molar-refractivity contribution in [3.8, 4) is 0 Å². The standard InChI is InChI=1S/C11H15N5/c1-10(9-16-6-2-3-15-16)14-8-11-7-12-4-5-13-11/h2-7,10,14H,8-9H2,1H3. The summed E-state index contributed by atoms with van der Waals surface area (Å²) in [6, 6.07) is 2.27. The molecule has 0 saturated carbocycles. The van der Waals surface area contributed by atoms with Gasteiger partial charge in [0.05, 0.1) is 12.2 Å². The van der Waals surface area contributed by atoms with Crippen LogP contribution in [-0.4, -0.2) is 25.8 Å². The van der Waals surface area contributed by atoms with E-state index >= 15 is 0 Å². The molecule has 1 atom stereocenters. The van der Waals surface area contributed by atoms with Gasteiger partial charge in [-0.05, 0) is 13.0 Å². The molecule has 0 spiro atoms. The second-order valence-electron chi connectivity index (χ2n) is 3.71. The van der Waals surface area contributed by atoms with E-state index in [1.165, 1.54) is 0 Å². The SMILES string of the molecule is CC(Cn1cccn1)NCc1cnccn1. The maximum absolute atomic E-state index is 4.20. The summed E-state index contributed by atoms with van der Waals surface area (Å²) in [5, 5.41) is 7.53. The van der Waals surface area contributed by atoms with Crippen LogP contribution in [0.5, 0.6) is 0 Å². The molecule has 5 heteroatoms. The van der Waals surface area contributed by atoms with Gasteiger partial charge in [0.15, 0.2) is 0 Å². The molecule has 0 fully saturated rings. The van der Waals surface area contributed by atoms with Gasteiger partial charge in [-0.1, -0.05) is 0 Å². The van der Waals surface area contributed by atoms with Crippen LogP contribution in [0.1, 0.15) is 12.6 Å². The van der Waals surface area contributed by atoms with Gasteiger partial charge in [0.25, 0.3) is 0 Å². The number of hydrogen-bond acceptors (Lipinski definition) is 4. The van der Waals surface area contributed by atoms with E-state index in [2.05, 4.69) is 27.3 Å². The third kappa shape index (κ3) is 3.13. The van der Waals surface area contributed by atoms with Gasteiger partial charge in [-0.2, -0.15) is 5.10 Å². The van der Waals surface area contributed by atoms with Crippen molar-refractivity contribution in [2.75, 3.05) is 0 Å². The molecule has 16 heavy (non-hydrogen) atoms. The quantitative estimate of drug-likeness (QED) is 0.806. The Morgan fingerprint density at radius 2 is 2.31 bits per heavy atom. The first-order chi connectivity index (χ1) is 7.84. The third-order valence-electron chi connectivity index (χ3n) is 2.27. The van der Waals surface area contributed by atoms with Gasteiger partial charge in [-0.25, -0.2) is 0 Å². The zero-order valence-electron chi connectivity index (χ0n) is 9.24. The van der Waals surface area contributed by atoms with Gasteiger partial charge in [0.2, 0.25) is 0 Å². The Bertz CT molecular complexity index is 398. The number of nitrogens with one attached hydrogen (secondary N) is 1. The minimum Gasteiger partial charge on any atom is -0.307 e. The van der Waals surface area contributed by atoms with E-state index in [9.17, 15) is 0 Å². The van der Waals surface area contributed by atoms with Gasteiger partial charge < -0.3 is 5.32 Å². The van der Waals surface area contributed by atoms with Crippen molar-refractivity contribution in [3.63, 3.8) is 0 Å². The highest BCUT2D eigenvalue weighted by Crippen LogP contribution is 1.94. The van der Waals surface area contributed by atoms with Crippen LogP contribution in [0.3, 0.4) is 0 Å². The van der Waals surface area contributed by atoms with E-state index in [1.807, 2.05) is 16.9 Å². The molecule has 2 aromatic rings. The summed E-state index contributed by atoms with van der Waals surface area (Å²) in [5.41, 5.74) is 0.954. The monoisotopic (exact) mass is 217 g/mol. The van der Waals surface area contributed by atoms with E-state index < -0.39 is 0 Å². The maximum atomic E-state index is 4.20. The zero-order chi connectivity index (χ0) is 11.2. The van der Waals surface area contributed by atoms with Crippen LogP contribution >= 0.6 is 0 Å². The first-order valence-corrected chi connectivity index (χ1v) is 5.30. The van der Waals surface area contributed by atoms with Crippen LogP contribution in [0.15, 0.2) is 37.1 Å². The van der Waals surface area contributed by atoms with E-state index in [0.29, 0.717) is 6.04 Å². The molecule has 0 aromatic carbocycles. The highest BCUT2D eigenvalue weighted by atomic mass is 15.3. The second kappa shape index (κ2) is 5.37. The topological polar surface area (TPSA) is 55.6 Å². The van der Waals surface area contributed by atoms with Gasteiger partial charge in [0, 0.05) is 43.6 Å². The molecule has 2 heterocycles. The molecule has 5 nitrogen and oxygen atoms in total. The number of nitrogens with zero attached hydrogens (tertiary/aromatic N) is 4. The third-order valence-corrected chi connectivity index (χ3v) is 2.27. The molecule has 0 saturated heterocycles. The van der Waals surface area contributed by atoms with Crippen molar-refractivity contribution in [2.24, 2.45) is 0 Å². The molecule has 84 valence electrons. The number of aromatic nitrogens is 4. The van der Waals surface area contributed by atoms with Crippen LogP contribution in [0.2, 0.25) is 0 Å². The Balaban J connectivity index is 1.78. The summed E-state index contributed by atoms with van der Waals surface area (Å²) in [6.07, 6.45) is 8.90. The highest BCUT2D eigenvalue weighted by molar-refractivity contribution is 4.94. The van der Waals surface area contributed by atoms with Gasteiger partial charge >= 0.3 is 0 Å². The van der Waals surface area contributed by atoms with Gasteiger partial charge in [-0.15, -0.1) is 0 Å². The summed E-state index contributed by atoms with van der Waals surface area (Å²) in [7, 11) is 0. The van der Waals surface area contributed by atoms with Crippen molar-refractivity contribution in [1.82, 2.24) is 25.1 Å². The maximum Gasteiger partial charge on any atom is 0.0724 e. The van der Waals surface area contributed by atoms with E-state index in [1.54, 1.807) is 24.8 Å². The molecule has 1 unspecified atom stereocenters. The Morgan fingerprint density at radius 1 is 1.38 bits per heavy atom. The number of hydrogen-bond donors (Lipinski definition) is 1. The zero-order valence-corrected chi connectivity index (χ0v) is 9.24. The van der Waals surface area contributed by atoms with Crippen molar-refractivity contribution < 1.29 is 0 Å². The Hall–Kier alpha value is -1.75. The molecule has 0 radical (unpaired) electrons. The summed E-state index contributed by atoms with van der Waals surface area (Å²) < 4.78 is 1.91. The Labute approximate surface area is 94.5 Å². The first-order valence-electron chi connectivity index (χ1n) is 5.30. The molecular weight excluding hydrogens is 202 g/mol. The summed E-state index contributed by atoms with van der Waals surface area (Å²) >= 11 is 0. The lowest BCUT2D eigenvalue weighted by Crippen LogP contribution is -2.30.